The molecule has 11 heteroatoms. The van der Waals surface area contributed by atoms with Crippen LogP contribution in [0.2, 0.25) is 5.02 Å². The zero-order valence-electron chi connectivity index (χ0n) is 18.1. The number of unbranched alkanes of at least 4 members (excludes halogenated alkanes) is 1. The van der Waals surface area contributed by atoms with Gasteiger partial charge in [-0.05, 0) is 36.5 Å². The molecule has 2 aromatic carbocycles. The standard InChI is InChI=1S/C23H20BClN6O2S/c24-18-15-28-31-22(13-20(30-23(18)31)17-8-2-3-9-19(17)25)27-11-5-6-12-29-34(32,33)21-10-4-1-7-16(21)14-26/h1-4,7-10,13,15,27,29H,5-6,11-12H2. The highest BCUT2D eigenvalue weighted by atomic mass is 35.5. The van der Waals surface area contributed by atoms with Crippen LogP contribution in [0.4, 0.5) is 5.82 Å². The molecule has 0 saturated heterocycles. The molecule has 0 bridgehead atoms. The molecule has 0 saturated carbocycles. The van der Waals surface area contributed by atoms with Crippen LogP contribution in [0.15, 0.2) is 65.7 Å². The van der Waals surface area contributed by atoms with Crippen LogP contribution < -0.4 is 15.5 Å². The molecular weight excluding hydrogens is 471 g/mol. The van der Waals surface area contributed by atoms with Crippen molar-refractivity contribution in [2.24, 2.45) is 0 Å². The Morgan fingerprint density at radius 3 is 2.62 bits per heavy atom. The van der Waals surface area contributed by atoms with Crippen molar-refractivity contribution in [1.29, 1.82) is 5.26 Å². The van der Waals surface area contributed by atoms with Gasteiger partial charge in [-0.1, -0.05) is 41.9 Å². The average Bonchev–Trinajstić information content (AvgIpc) is 3.22. The quantitative estimate of drug-likeness (QED) is 0.276. The maximum absolute atomic E-state index is 12.5. The van der Waals surface area contributed by atoms with E-state index in [4.69, 9.17) is 24.7 Å². The molecule has 0 aliphatic heterocycles. The molecule has 0 spiro atoms. The zero-order chi connectivity index (χ0) is 24.1. The molecule has 0 aliphatic rings. The predicted octanol–water partition coefficient (Wildman–Crippen LogP) is 2.89. The average molecular weight is 491 g/mol. The molecule has 2 heterocycles. The Morgan fingerprint density at radius 1 is 1.09 bits per heavy atom. The highest BCUT2D eigenvalue weighted by molar-refractivity contribution is 7.89. The number of anilines is 1. The zero-order valence-corrected chi connectivity index (χ0v) is 19.6. The van der Waals surface area contributed by atoms with Crippen molar-refractivity contribution in [2.75, 3.05) is 18.4 Å². The fourth-order valence-electron chi connectivity index (χ4n) is 3.46. The van der Waals surface area contributed by atoms with E-state index in [0.717, 1.165) is 5.56 Å². The van der Waals surface area contributed by atoms with Crippen molar-refractivity contribution in [3.8, 4) is 17.3 Å². The molecule has 2 aromatic heterocycles. The number of rotatable bonds is 9. The molecular formula is C23H20BClN6O2S. The van der Waals surface area contributed by atoms with Gasteiger partial charge in [-0.25, -0.2) is 18.1 Å². The van der Waals surface area contributed by atoms with Gasteiger partial charge in [-0.15, -0.1) is 0 Å². The second-order valence-corrected chi connectivity index (χ2v) is 9.62. The molecule has 8 nitrogen and oxygen atoms in total. The summed E-state index contributed by atoms with van der Waals surface area (Å²) in [6, 6.07) is 17.3. The Kier molecular flexibility index (Phi) is 7.17. The van der Waals surface area contributed by atoms with E-state index < -0.39 is 10.0 Å². The fourth-order valence-corrected chi connectivity index (χ4v) is 4.92. The van der Waals surface area contributed by atoms with Crippen LogP contribution >= 0.6 is 11.6 Å². The van der Waals surface area contributed by atoms with E-state index in [1.165, 1.54) is 18.3 Å². The number of sulfonamides is 1. The first-order chi connectivity index (χ1) is 16.4. The van der Waals surface area contributed by atoms with Gasteiger partial charge >= 0.3 is 0 Å². The van der Waals surface area contributed by atoms with Gasteiger partial charge in [-0.3, -0.25) is 0 Å². The van der Waals surface area contributed by atoms with Gasteiger partial charge in [0, 0.05) is 35.9 Å². The van der Waals surface area contributed by atoms with Crippen molar-refractivity contribution in [3.05, 3.63) is 71.4 Å². The lowest BCUT2D eigenvalue weighted by molar-refractivity contribution is 0.577. The van der Waals surface area contributed by atoms with E-state index >= 15 is 0 Å². The molecule has 4 rings (SSSR count). The number of halogens is 1. The molecule has 170 valence electrons. The van der Waals surface area contributed by atoms with Crippen molar-refractivity contribution in [3.63, 3.8) is 0 Å². The summed E-state index contributed by atoms with van der Waals surface area (Å²) in [6.07, 6.45) is 2.82. The third kappa shape index (κ3) is 5.07. The van der Waals surface area contributed by atoms with Crippen molar-refractivity contribution >= 4 is 46.4 Å². The normalized spacial score (nSPS) is 11.4. The minimum atomic E-state index is -3.75. The summed E-state index contributed by atoms with van der Waals surface area (Å²) >= 11 is 6.35. The van der Waals surface area contributed by atoms with Gasteiger partial charge in [0.05, 0.1) is 16.2 Å². The lowest BCUT2D eigenvalue weighted by atomic mass is 10.0. The van der Waals surface area contributed by atoms with E-state index in [0.29, 0.717) is 47.0 Å². The number of nitrogens with zero attached hydrogens (tertiary/aromatic N) is 4. The second kappa shape index (κ2) is 10.3. The maximum atomic E-state index is 12.5. The Bertz CT molecular complexity index is 1480. The van der Waals surface area contributed by atoms with Gasteiger partial charge < -0.3 is 5.32 Å². The number of nitriles is 1. The lowest BCUT2D eigenvalue weighted by Crippen LogP contribution is -2.26. The topological polar surface area (TPSA) is 112 Å². The van der Waals surface area contributed by atoms with E-state index in [-0.39, 0.29) is 17.0 Å². The van der Waals surface area contributed by atoms with E-state index in [2.05, 4.69) is 20.1 Å². The van der Waals surface area contributed by atoms with Crippen LogP contribution in [0.3, 0.4) is 0 Å². The number of aromatic nitrogens is 3. The summed E-state index contributed by atoms with van der Waals surface area (Å²) in [6.45, 7) is 0.812. The first-order valence-electron chi connectivity index (χ1n) is 10.5. The molecule has 2 radical (unpaired) electrons. The monoisotopic (exact) mass is 490 g/mol. The lowest BCUT2D eigenvalue weighted by Gasteiger charge is -2.12. The maximum Gasteiger partial charge on any atom is 0.241 e. The van der Waals surface area contributed by atoms with E-state index in [9.17, 15) is 8.42 Å². The highest BCUT2D eigenvalue weighted by Crippen LogP contribution is 2.28. The summed E-state index contributed by atoms with van der Waals surface area (Å²) in [4.78, 5) is 4.59. The summed E-state index contributed by atoms with van der Waals surface area (Å²) in [7, 11) is 2.29. The molecule has 0 aliphatic carbocycles. The molecule has 4 aromatic rings. The van der Waals surface area contributed by atoms with Crippen LogP contribution in [0.5, 0.6) is 0 Å². The van der Waals surface area contributed by atoms with Crippen molar-refractivity contribution < 1.29 is 8.42 Å². The van der Waals surface area contributed by atoms with Gasteiger partial charge in [0.2, 0.25) is 10.0 Å². The van der Waals surface area contributed by atoms with Gasteiger partial charge in [0.25, 0.3) is 0 Å². The van der Waals surface area contributed by atoms with Crippen LogP contribution in [0, 0.1) is 11.3 Å². The number of nitrogens with one attached hydrogen (secondary N) is 2. The predicted molar refractivity (Wildman–Crippen MR) is 133 cm³/mol. The van der Waals surface area contributed by atoms with Crippen LogP contribution in [0.1, 0.15) is 18.4 Å². The van der Waals surface area contributed by atoms with Crippen molar-refractivity contribution in [1.82, 2.24) is 19.3 Å². The van der Waals surface area contributed by atoms with E-state index in [1.54, 1.807) is 22.7 Å². The minimum absolute atomic E-state index is 0.0156. The van der Waals surface area contributed by atoms with E-state index in [1.807, 2.05) is 30.3 Å². The van der Waals surface area contributed by atoms with Crippen LogP contribution in [0.25, 0.3) is 16.9 Å². The molecule has 0 unspecified atom stereocenters. The number of fused-ring (bicyclic) bond motifs is 1. The minimum Gasteiger partial charge on any atom is -0.370 e. The highest BCUT2D eigenvalue weighted by Gasteiger charge is 2.17. The largest absolute Gasteiger partial charge is 0.370 e. The summed E-state index contributed by atoms with van der Waals surface area (Å²) in [5, 5.41) is 17.3. The third-order valence-electron chi connectivity index (χ3n) is 5.15. The van der Waals surface area contributed by atoms with Crippen LogP contribution in [-0.4, -0.2) is 44.0 Å². The fraction of sp³-hybridized carbons (Fsp3) is 0.174. The summed E-state index contributed by atoms with van der Waals surface area (Å²) < 4.78 is 29.2. The Balaban J connectivity index is 1.40. The SMILES string of the molecule is [B]c1cnn2c(NCCCCNS(=O)(=O)c3ccccc3C#N)cc(-c3ccccc3Cl)nc12. The van der Waals surface area contributed by atoms with Gasteiger partial charge in [0.1, 0.15) is 19.7 Å². The summed E-state index contributed by atoms with van der Waals surface area (Å²) in [5.41, 5.74) is 2.53. The Labute approximate surface area is 204 Å². The molecule has 0 amide bonds. The summed E-state index contributed by atoms with van der Waals surface area (Å²) in [5.74, 6) is 0.695. The molecule has 0 atom stereocenters. The first kappa shape index (κ1) is 23.8. The third-order valence-corrected chi connectivity index (χ3v) is 7.00. The van der Waals surface area contributed by atoms with Crippen LogP contribution in [-0.2, 0) is 10.0 Å². The number of hydrogen-bond acceptors (Lipinski definition) is 6. The molecule has 34 heavy (non-hydrogen) atoms. The molecule has 0 fully saturated rings. The van der Waals surface area contributed by atoms with Gasteiger partial charge in [0.15, 0.2) is 5.65 Å². The Morgan fingerprint density at radius 2 is 1.82 bits per heavy atom. The Hall–Kier alpha value is -3.39. The second-order valence-electron chi connectivity index (χ2n) is 7.48. The molecule has 2 N–H and O–H groups in total. The number of hydrogen-bond donors (Lipinski definition) is 2. The van der Waals surface area contributed by atoms with Crippen molar-refractivity contribution in [2.45, 2.75) is 17.7 Å². The van der Waals surface area contributed by atoms with Gasteiger partial charge in [-0.2, -0.15) is 14.9 Å². The smallest absolute Gasteiger partial charge is 0.241 e. The number of benzene rings is 2. The first-order valence-corrected chi connectivity index (χ1v) is 12.4.